The molecule has 0 atom stereocenters. The highest BCUT2D eigenvalue weighted by Crippen LogP contribution is 2.48. The van der Waals surface area contributed by atoms with E-state index in [1.165, 1.54) is 12.8 Å². The zero-order valence-corrected chi connectivity index (χ0v) is 11.2. The molecule has 0 saturated heterocycles. The van der Waals surface area contributed by atoms with Gasteiger partial charge in [-0.3, -0.25) is 0 Å². The Bertz CT molecular complexity index is 542. The average Bonchev–Trinajstić information content (AvgIpc) is 3.01. The summed E-state index contributed by atoms with van der Waals surface area (Å²) in [7, 11) is 0. The van der Waals surface area contributed by atoms with Crippen molar-refractivity contribution in [1.82, 2.24) is 14.5 Å². The highest BCUT2D eigenvalue weighted by molar-refractivity contribution is 8.00. The molecule has 0 amide bonds. The minimum absolute atomic E-state index is 0.427. The number of nitrogen functional groups attached to an aromatic ring is 1. The van der Waals surface area contributed by atoms with Crippen LogP contribution in [0.2, 0.25) is 0 Å². The lowest BCUT2D eigenvalue weighted by Gasteiger charge is -2.15. The molecule has 2 heterocycles. The van der Waals surface area contributed by atoms with E-state index in [0.717, 1.165) is 17.8 Å². The normalized spacial score (nSPS) is 16.7. The summed E-state index contributed by atoms with van der Waals surface area (Å²) in [5, 5.41) is 0. The predicted molar refractivity (Wildman–Crippen MR) is 75.4 cm³/mol. The Morgan fingerprint density at radius 1 is 1.39 bits per heavy atom. The van der Waals surface area contributed by atoms with Crippen LogP contribution in [-0.4, -0.2) is 25.5 Å². The first-order chi connectivity index (χ1) is 8.72. The lowest BCUT2D eigenvalue weighted by molar-refractivity contribution is 0.666. The van der Waals surface area contributed by atoms with Crippen LogP contribution in [0.5, 0.6) is 0 Å². The van der Waals surface area contributed by atoms with Crippen LogP contribution in [0.15, 0.2) is 30.9 Å². The predicted octanol–water partition coefficient (Wildman–Crippen LogP) is 2.42. The molecule has 2 N–H and O–H groups in total. The van der Waals surface area contributed by atoms with Gasteiger partial charge in [-0.2, -0.15) is 11.8 Å². The summed E-state index contributed by atoms with van der Waals surface area (Å²) >= 11 is 1.96. The molecule has 94 valence electrons. The van der Waals surface area contributed by atoms with Gasteiger partial charge in [0.2, 0.25) is 0 Å². The zero-order valence-electron chi connectivity index (χ0n) is 10.3. The van der Waals surface area contributed by atoms with Crippen LogP contribution in [0.4, 0.5) is 5.82 Å². The van der Waals surface area contributed by atoms with Crippen molar-refractivity contribution in [3.8, 4) is 11.3 Å². The number of hydrogen-bond donors (Lipinski definition) is 1. The molecule has 0 bridgehead atoms. The lowest BCUT2D eigenvalue weighted by atomic mass is 10.2. The monoisotopic (exact) mass is 260 g/mol. The van der Waals surface area contributed by atoms with Gasteiger partial charge >= 0.3 is 0 Å². The third kappa shape index (κ3) is 2.10. The number of imidazole rings is 1. The number of anilines is 1. The second-order valence-corrected chi connectivity index (χ2v) is 6.04. The number of nitrogens with two attached hydrogens (primary N) is 1. The Balaban J connectivity index is 1.89. The Kier molecular flexibility index (Phi) is 2.78. The number of nitrogens with zero attached hydrogens (tertiary/aromatic N) is 3. The van der Waals surface area contributed by atoms with Gasteiger partial charge in [-0.15, -0.1) is 0 Å². The number of thioether (sulfide) groups is 1. The van der Waals surface area contributed by atoms with Crippen molar-refractivity contribution in [2.45, 2.75) is 24.1 Å². The van der Waals surface area contributed by atoms with Crippen molar-refractivity contribution in [3.05, 3.63) is 30.9 Å². The fourth-order valence-corrected chi connectivity index (χ4v) is 2.90. The minimum Gasteiger partial charge on any atom is -0.384 e. The summed E-state index contributed by atoms with van der Waals surface area (Å²) in [5.41, 5.74) is 7.80. The van der Waals surface area contributed by atoms with Crippen molar-refractivity contribution in [2.24, 2.45) is 0 Å². The van der Waals surface area contributed by atoms with Crippen molar-refractivity contribution >= 4 is 17.6 Å². The summed E-state index contributed by atoms with van der Waals surface area (Å²) in [4.78, 5) is 8.40. The Labute approximate surface area is 111 Å². The quantitative estimate of drug-likeness (QED) is 0.917. The van der Waals surface area contributed by atoms with Crippen LogP contribution in [0, 0.1) is 0 Å². The van der Waals surface area contributed by atoms with E-state index >= 15 is 0 Å². The van der Waals surface area contributed by atoms with Crippen LogP contribution in [-0.2, 0) is 6.54 Å². The molecule has 2 aromatic heterocycles. The third-order valence-corrected chi connectivity index (χ3v) is 4.90. The maximum atomic E-state index is 5.61. The minimum atomic E-state index is 0.427. The van der Waals surface area contributed by atoms with Crippen LogP contribution in [0.1, 0.15) is 12.8 Å². The van der Waals surface area contributed by atoms with E-state index in [1.807, 2.05) is 42.6 Å². The van der Waals surface area contributed by atoms with Gasteiger partial charge in [0.15, 0.2) is 0 Å². The molecule has 2 aromatic rings. The molecule has 18 heavy (non-hydrogen) atoms. The van der Waals surface area contributed by atoms with Crippen LogP contribution < -0.4 is 5.73 Å². The molecule has 0 spiro atoms. The van der Waals surface area contributed by atoms with E-state index in [0.29, 0.717) is 10.6 Å². The number of aromatic nitrogens is 3. The number of pyridine rings is 1. The van der Waals surface area contributed by atoms with Crippen molar-refractivity contribution < 1.29 is 0 Å². The van der Waals surface area contributed by atoms with Gasteiger partial charge in [0.25, 0.3) is 0 Å². The lowest BCUT2D eigenvalue weighted by Crippen LogP contribution is -2.13. The fraction of sp³-hybridized carbons (Fsp3) is 0.385. The molecule has 5 heteroatoms. The van der Waals surface area contributed by atoms with Gasteiger partial charge < -0.3 is 10.3 Å². The van der Waals surface area contributed by atoms with E-state index in [4.69, 9.17) is 5.73 Å². The van der Waals surface area contributed by atoms with E-state index in [1.54, 1.807) is 0 Å². The van der Waals surface area contributed by atoms with Crippen molar-refractivity contribution in [3.63, 3.8) is 0 Å². The Morgan fingerprint density at radius 3 is 2.83 bits per heavy atom. The maximum absolute atomic E-state index is 5.61. The molecule has 1 aliphatic rings. The van der Waals surface area contributed by atoms with Crippen LogP contribution in [0.3, 0.4) is 0 Å². The van der Waals surface area contributed by atoms with Gasteiger partial charge in [-0.05, 0) is 31.2 Å². The number of rotatable bonds is 4. The van der Waals surface area contributed by atoms with Gasteiger partial charge in [0, 0.05) is 23.1 Å². The topological polar surface area (TPSA) is 56.7 Å². The molecule has 3 rings (SSSR count). The standard InChI is InChI=1S/C13H16N4S/c1-18-13(4-5-13)8-17-9-15-7-11(17)10-2-3-12(14)16-6-10/h2-3,6-7,9H,4-5,8H2,1H3,(H2,14,16). The molecular weight excluding hydrogens is 244 g/mol. The third-order valence-electron chi connectivity index (χ3n) is 3.49. The average molecular weight is 260 g/mol. The first-order valence-electron chi connectivity index (χ1n) is 6.00. The summed E-state index contributed by atoms with van der Waals surface area (Å²) < 4.78 is 2.65. The molecule has 0 aromatic carbocycles. The summed E-state index contributed by atoms with van der Waals surface area (Å²) in [6, 6.07) is 3.82. The highest BCUT2D eigenvalue weighted by atomic mass is 32.2. The Morgan fingerprint density at radius 2 is 2.22 bits per heavy atom. The molecule has 0 aliphatic heterocycles. The van der Waals surface area contributed by atoms with Gasteiger partial charge in [0.1, 0.15) is 5.82 Å². The zero-order chi connectivity index (χ0) is 12.6. The Hall–Kier alpha value is -1.49. The number of hydrogen-bond acceptors (Lipinski definition) is 4. The van der Waals surface area contributed by atoms with Crippen LogP contribution >= 0.6 is 11.8 Å². The van der Waals surface area contributed by atoms with E-state index in [-0.39, 0.29) is 0 Å². The van der Waals surface area contributed by atoms with E-state index in [2.05, 4.69) is 20.8 Å². The first kappa shape index (κ1) is 11.6. The molecule has 1 saturated carbocycles. The van der Waals surface area contributed by atoms with E-state index in [9.17, 15) is 0 Å². The fourth-order valence-electron chi connectivity index (χ4n) is 2.12. The second kappa shape index (κ2) is 4.31. The van der Waals surface area contributed by atoms with Gasteiger partial charge in [0.05, 0.1) is 18.2 Å². The maximum Gasteiger partial charge on any atom is 0.123 e. The highest BCUT2D eigenvalue weighted by Gasteiger charge is 2.42. The molecular formula is C13H16N4S. The summed E-state index contributed by atoms with van der Waals surface area (Å²) in [5.74, 6) is 0.549. The van der Waals surface area contributed by atoms with Crippen molar-refractivity contribution in [2.75, 3.05) is 12.0 Å². The first-order valence-corrected chi connectivity index (χ1v) is 7.22. The molecule has 1 aliphatic carbocycles. The smallest absolute Gasteiger partial charge is 0.123 e. The van der Waals surface area contributed by atoms with Gasteiger partial charge in [-0.25, -0.2) is 9.97 Å². The van der Waals surface area contributed by atoms with Gasteiger partial charge in [-0.1, -0.05) is 0 Å². The van der Waals surface area contributed by atoms with Crippen LogP contribution in [0.25, 0.3) is 11.3 Å². The van der Waals surface area contributed by atoms with Crippen molar-refractivity contribution in [1.29, 1.82) is 0 Å². The molecule has 1 fully saturated rings. The second-order valence-electron chi connectivity index (χ2n) is 4.77. The molecule has 0 radical (unpaired) electrons. The molecule has 4 nitrogen and oxygen atoms in total. The summed E-state index contributed by atoms with van der Waals surface area (Å²) in [6.45, 7) is 1.02. The largest absolute Gasteiger partial charge is 0.384 e. The SMILES string of the molecule is CSC1(Cn2cncc2-c2ccc(N)nc2)CC1. The molecule has 0 unspecified atom stereocenters. The van der Waals surface area contributed by atoms with E-state index < -0.39 is 0 Å². The summed E-state index contributed by atoms with van der Waals surface area (Å²) in [6.07, 6.45) is 10.4.